The van der Waals surface area contributed by atoms with Gasteiger partial charge in [0.05, 0.1) is 0 Å². The predicted molar refractivity (Wildman–Crippen MR) is 42.6 cm³/mol. The average molecular weight is 160 g/mol. The van der Waals surface area contributed by atoms with Crippen molar-refractivity contribution in [1.82, 2.24) is 0 Å². The second-order valence-corrected chi connectivity index (χ2v) is 2.24. The van der Waals surface area contributed by atoms with Crippen LogP contribution in [0.1, 0.15) is 20.3 Å². The Kier molecular flexibility index (Phi) is 6.07. The highest BCUT2D eigenvalue weighted by atomic mass is 16.5. The zero-order chi connectivity index (χ0) is 8.69. The van der Waals surface area contributed by atoms with E-state index < -0.39 is 0 Å². The number of ether oxygens (including phenoxy) is 2. The summed E-state index contributed by atoms with van der Waals surface area (Å²) in [7, 11) is 1.54. The fourth-order valence-electron chi connectivity index (χ4n) is 0.821. The molecule has 11 heavy (non-hydrogen) atoms. The number of rotatable bonds is 6. The van der Waals surface area contributed by atoms with Crippen molar-refractivity contribution >= 4 is 5.78 Å². The molecule has 0 saturated heterocycles. The molecule has 0 aliphatic heterocycles. The quantitative estimate of drug-likeness (QED) is 0.582. The van der Waals surface area contributed by atoms with Gasteiger partial charge in [0.2, 0.25) is 0 Å². The van der Waals surface area contributed by atoms with Crippen LogP contribution in [0.3, 0.4) is 0 Å². The zero-order valence-corrected chi connectivity index (χ0v) is 7.42. The molecule has 0 heterocycles. The summed E-state index contributed by atoms with van der Waals surface area (Å²) in [6.45, 7) is 4.52. The average Bonchev–Trinajstić information content (AvgIpc) is 2.03. The molecule has 1 atom stereocenters. The lowest BCUT2D eigenvalue weighted by atomic mass is 10.2. The lowest BCUT2D eigenvalue weighted by Gasteiger charge is -2.10. The standard InChI is InChI=1S/C8H16O3/c1-4-8(10-3)7(9)6-11-5-2/h8H,4-6H2,1-3H3. The Morgan fingerprint density at radius 2 is 2.09 bits per heavy atom. The maximum absolute atomic E-state index is 11.1. The van der Waals surface area contributed by atoms with Gasteiger partial charge in [0.15, 0.2) is 5.78 Å². The maximum atomic E-state index is 11.1. The fraction of sp³-hybridized carbons (Fsp3) is 0.875. The van der Waals surface area contributed by atoms with Gasteiger partial charge in [0.1, 0.15) is 12.7 Å². The van der Waals surface area contributed by atoms with E-state index in [4.69, 9.17) is 9.47 Å². The SMILES string of the molecule is CCOCC(=O)C(CC)OC. The number of hydrogen-bond donors (Lipinski definition) is 0. The van der Waals surface area contributed by atoms with Crippen LogP contribution in [0.2, 0.25) is 0 Å². The Morgan fingerprint density at radius 3 is 2.45 bits per heavy atom. The molecule has 0 bridgehead atoms. The minimum atomic E-state index is -0.290. The molecule has 3 nitrogen and oxygen atoms in total. The van der Waals surface area contributed by atoms with E-state index in [-0.39, 0.29) is 18.5 Å². The van der Waals surface area contributed by atoms with Gasteiger partial charge in [0, 0.05) is 13.7 Å². The van der Waals surface area contributed by atoms with Crippen molar-refractivity contribution in [3.63, 3.8) is 0 Å². The van der Waals surface area contributed by atoms with Crippen molar-refractivity contribution in [2.24, 2.45) is 0 Å². The first-order valence-corrected chi connectivity index (χ1v) is 3.89. The molecule has 0 aromatic rings. The molecule has 66 valence electrons. The largest absolute Gasteiger partial charge is 0.374 e. The second-order valence-electron chi connectivity index (χ2n) is 2.24. The summed E-state index contributed by atoms with van der Waals surface area (Å²) in [5.74, 6) is 0.0249. The van der Waals surface area contributed by atoms with E-state index in [0.717, 1.165) is 0 Å². The van der Waals surface area contributed by atoms with Gasteiger partial charge < -0.3 is 9.47 Å². The van der Waals surface area contributed by atoms with Crippen LogP contribution in [-0.4, -0.2) is 32.2 Å². The summed E-state index contributed by atoms with van der Waals surface area (Å²) in [5.41, 5.74) is 0. The van der Waals surface area contributed by atoms with Crippen LogP contribution in [0.25, 0.3) is 0 Å². The monoisotopic (exact) mass is 160 g/mol. The van der Waals surface area contributed by atoms with Gasteiger partial charge in [0.25, 0.3) is 0 Å². The number of carbonyl (C=O) groups is 1. The molecule has 3 heteroatoms. The molecule has 1 unspecified atom stereocenters. The highest BCUT2D eigenvalue weighted by Crippen LogP contribution is 1.97. The van der Waals surface area contributed by atoms with E-state index in [2.05, 4.69) is 0 Å². The number of Topliss-reactive ketones (excluding diaryl/α,β-unsaturated/α-hetero) is 1. The summed E-state index contributed by atoms with van der Waals surface area (Å²) in [6.07, 6.45) is 0.420. The molecule has 0 fully saturated rings. The Labute approximate surface area is 67.7 Å². The van der Waals surface area contributed by atoms with Crippen molar-refractivity contribution in [3.8, 4) is 0 Å². The van der Waals surface area contributed by atoms with Crippen molar-refractivity contribution in [1.29, 1.82) is 0 Å². The van der Waals surface area contributed by atoms with E-state index in [9.17, 15) is 4.79 Å². The van der Waals surface area contributed by atoms with Crippen molar-refractivity contribution in [2.75, 3.05) is 20.3 Å². The summed E-state index contributed by atoms with van der Waals surface area (Å²) in [5, 5.41) is 0. The summed E-state index contributed by atoms with van der Waals surface area (Å²) in [6, 6.07) is 0. The van der Waals surface area contributed by atoms with Gasteiger partial charge in [-0.25, -0.2) is 0 Å². The fourth-order valence-corrected chi connectivity index (χ4v) is 0.821. The highest BCUT2D eigenvalue weighted by molar-refractivity contribution is 5.84. The smallest absolute Gasteiger partial charge is 0.187 e. The first kappa shape index (κ1) is 10.6. The van der Waals surface area contributed by atoms with E-state index in [0.29, 0.717) is 13.0 Å². The van der Waals surface area contributed by atoms with Gasteiger partial charge >= 0.3 is 0 Å². The van der Waals surface area contributed by atoms with Crippen LogP contribution in [0, 0.1) is 0 Å². The molecular weight excluding hydrogens is 144 g/mol. The Morgan fingerprint density at radius 1 is 1.45 bits per heavy atom. The van der Waals surface area contributed by atoms with Gasteiger partial charge in [-0.05, 0) is 13.3 Å². The molecule has 0 aromatic heterocycles. The van der Waals surface area contributed by atoms with Gasteiger partial charge in [-0.3, -0.25) is 4.79 Å². The minimum Gasteiger partial charge on any atom is -0.374 e. The van der Waals surface area contributed by atoms with Crippen LogP contribution in [-0.2, 0) is 14.3 Å². The van der Waals surface area contributed by atoms with E-state index >= 15 is 0 Å². The van der Waals surface area contributed by atoms with Crippen molar-refractivity contribution < 1.29 is 14.3 Å². The van der Waals surface area contributed by atoms with Crippen LogP contribution in [0.15, 0.2) is 0 Å². The third-order valence-corrected chi connectivity index (χ3v) is 1.46. The molecule has 0 aromatic carbocycles. The lowest BCUT2D eigenvalue weighted by molar-refractivity contribution is -0.133. The van der Waals surface area contributed by atoms with Gasteiger partial charge in [-0.15, -0.1) is 0 Å². The number of ketones is 1. The number of hydrogen-bond acceptors (Lipinski definition) is 3. The second kappa shape index (κ2) is 6.31. The van der Waals surface area contributed by atoms with E-state index in [1.54, 1.807) is 0 Å². The lowest BCUT2D eigenvalue weighted by Crippen LogP contribution is -2.26. The molecule has 0 spiro atoms. The molecule has 0 aliphatic carbocycles. The summed E-state index contributed by atoms with van der Waals surface area (Å²) in [4.78, 5) is 11.1. The van der Waals surface area contributed by atoms with Crippen molar-refractivity contribution in [3.05, 3.63) is 0 Å². The number of carbonyl (C=O) groups excluding carboxylic acids is 1. The van der Waals surface area contributed by atoms with Crippen LogP contribution < -0.4 is 0 Å². The Balaban J connectivity index is 3.61. The van der Waals surface area contributed by atoms with E-state index in [1.165, 1.54) is 7.11 Å². The first-order chi connectivity index (χ1) is 5.26. The topological polar surface area (TPSA) is 35.5 Å². The van der Waals surface area contributed by atoms with Crippen LogP contribution in [0.5, 0.6) is 0 Å². The molecular formula is C8H16O3. The Bertz CT molecular complexity index is 108. The van der Waals surface area contributed by atoms with Gasteiger partial charge in [-0.1, -0.05) is 6.92 Å². The molecule has 0 rings (SSSR count). The third-order valence-electron chi connectivity index (χ3n) is 1.46. The highest BCUT2D eigenvalue weighted by Gasteiger charge is 2.14. The number of methoxy groups -OCH3 is 1. The molecule has 0 aliphatic rings. The third kappa shape index (κ3) is 4.11. The zero-order valence-electron chi connectivity index (χ0n) is 7.42. The van der Waals surface area contributed by atoms with Crippen LogP contribution >= 0.6 is 0 Å². The molecule has 0 saturated carbocycles. The molecule has 0 radical (unpaired) electrons. The normalized spacial score (nSPS) is 13.0. The van der Waals surface area contributed by atoms with Crippen LogP contribution in [0.4, 0.5) is 0 Å². The minimum absolute atomic E-state index is 0.0249. The summed E-state index contributed by atoms with van der Waals surface area (Å²) < 4.78 is 9.88. The van der Waals surface area contributed by atoms with Crippen molar-refractivity contribution in [2.45, 2.75) is 26.4 Å². The van der Waals surface area contributed by atoms with Gasteiger partial charge in [-0.2, -0.15) is 0 Å². The maximum Gasteiger partial charge on any atom is 0.187 e. The predicted octanol–water partition coefficient (Wildman–Crippen LogP) is 1.02. The first-order valence-electron chi connectivity index (χ1n) is 3.89. The molecule has 0 amide bonds. The van der Waals surface area contributed by atoms with E-state index in [1.807, 2.05) is 13.8 Å². The summed E-state index contributed by atoms with van der Waals surface area (Å²) >= 11 is 0. The Hall–Kier alpha value is -0.410. The molecule has 0 N–H and O–H groups in total.